The molecule has 3 rings (SSSR count). The lowest BCUT2D eigenvalue weighted by molar-refractivity contribution is -0.141. The molecule has 10 nitrogen and oxygen atoms in total. The van der Waals surface area contributed by atoms with E-state index in [9.17, 15) is 24.3 Å². The molecule has 0 saturated heterocycles. The fourth-order valence-electron chi connectivity index (χ4n) is 3.88. The standard InChI is InChI=1S/C23H27N3O7/c1-10-13(4)32-19-12(3)20-15(8-14(10)19)11(2)16(22(30)33-20)9-18(27)26-17(21(28)29)6-5-7-25-23(24)31/h8,17H,5-7,9H2,1-4H3,(H,26,27)(H,28,29)(H3,24,25,31)/t17-/m1/s1. The SMILES string of the molecule is Cc1oc2c(C)c3oc(=O)c(CC(=O)N[C@H](CCCNC(N)=O)C(=O)O)c(C)c3cc2c1C. The van der Waals surface area contributed by atoms with Crippen LogP contribution < -0.4 is 22.0 Å². The highest BCUT2D eigenvalue weighted by atomic mass is 16.4. The Morgan fingerprint density at radius 2 is 1.67 bits per heavy atom. The molecule has 33 heavy (non-hydrogen) atoms. The normalized spacial score (nSPS) is 12.1. The largest absolute Gasteiger partial charge is 0.480 e. The predicted molar refractivity (Wildman–Crippen MR) is 121 cm³/mol. The van der Waals surface area contributed by atoms with Gasteiger partial charge in [-0.05, 0) is 57.7 Å². The number of carboxylic acid groups (broad SMARTS) is 1. The van der Waals surface area contributed by atoms with Gasteiger partial charge < -0.3 is 30.3 Å². The van der Waals surface area contributed by atoms with Gasteiger partial charge in [0.1, 0.15) is 23.0 Å². The molecule has 3 amide bonds. The average molecular weight is 457 g/mol. The highest BCUT2D eigenvalue weighted by Crippen LogP contribution is 2.34. The number of nitrogens with two attached hydrogens (primary N) is 1. The summed E-state index contributed by atoms with van der Waals surface area (Å²) in [5, 5.41) is 15.8. The number of urea groups is 1. The predicted octanol–water partition coefficient (Wildman–Crippen LogP) is 2.33. The zero-order valence-corrected chi connectivity index (χ0v) is 19.0. The molecule has 3 aromatic rings. The molecule has 0 aliphatic carbocycles. The molecule has 0 saturated carbocycles. The first-order valence-corrected chi connectivity index (χ1v) is 10.5. The summed E-state index contributed by atoms with van der Waals surface area (Å²) in [7, 11) is 0. The fourth-order valence-corrected chi connectivity index (χ4v) is 3.88. The maximum Gasteiger partial charge on any atom is 0.340 e. The van der Waals surface area contributed by atoms with E-state index in [0.29, 0.717) is 34.1 Å². The van der Waals surface area contributed by atoms with Crippen molar-refractivity contribution in [1.29, 1.82) is 0 Å². The highest BCUT2D eigenvalue weighted by Gasteiger charge is 2.23. The van der Waals surface area contributed by atoms with Gasteiger partial charge in [-0.1, -0.05) is 0 Å². The van der Waals surface area contributed by atoms with Crippen molar-refractivity contribution >= 4 is 39.8 Å². The molecule has 2 aromatic heterocycles. The second-order valence-electron chi connectivity index (χ2n) is 8.10. The minimum absolute atomic E-state index is 0.0863. The Hall–Kier alpha value is -3.82. The minimum atomic E-state index is -1.21. The summed E-state index contributed by atoms with van der Waals surface area (Å²) >= 11 is 0. The van der Waals surface area contributed by atoms with Crippen LogP contribution in [0.25, 0.3) is 21.9 Å². The van der Waals surface area contributed by atoms with E-state index < -0.39 is 29.6 Å². The highest BCUT2D eigenvalue weighted by molar-refractivity contribution is 6.00. The van der Waals surface area contributed by atoms with Crippen molar-refractivity contribution in [2.75, 3.05) is 6.54 Å². The van der Waals surface area contributed by atoms with Crippen molar-refractivity contribution in [2.24, 2.45) is 5.73 Å². The van der Waals surface area contributed by atoms with Crippen molar-refractivity contribution in [3.05, 3.63) is 44.5 Å². The first-order chi connectivity index (χ1) is 15.5. The Morgan fingerprint density at radius 3 is 2.30 bits per heavy atom. The summed E-state index contributed by atoms with van der Waals surface area (Å²) in [4.78, 5) is 47.5. The number of furan rings is 1. The quantitative estimate of drug-likeness (QED) is 0.298. The molecule has 0 bridgehead atoms. The van der Waals surface area contributed by atoms with Crippen LogP contribution in [0, 0.1) is 27.7 Å². The minimum Gasteiger partial charge on any atom is -0.480 e. The summed E-state index contributed by atoms with van der Waals surface area (Å²) in [6, 6.07) is 0.00529. The van der Waals surface area contributed by atoms with E-state index >= 15 is 0 Å². The van der Waals surface area contributed by atoms with Crippen LogP contribution in [0.3, 0.4) is 0 Å². The number of rotatable bonds is 8. The molecule has 1 aromatic carbocycles. The number of nitrogens with one attached hydrogen (secondary N) is 2. The van der Waals surface area contributed by atoms with Crippen LogP contribution in [0.5, 0.6) is 0 Å². The van der Waals surface area contributed by atoms with Crippen molar-refractivity contribution in [3.8, 4) is 0 Å². The van der Waals surface area contributed by atoms with Gasteiger partial charge >= 0.3 is 17.6 Å². The number of amides is 3. The van der Waals surface area contributed by atoms with Gasteiger partial charge in [0.2, 0.25) is 5.91 Å². The molecule has 0 unspecified atom stereocenters. The number of aliphatic carboxylic acids is 1. The summed E-state index contributed by atoms with van der Waals surface area (Å²) < 4.78 is 11.4. The molecule has 0 aliphatic heterocycles. The maximum atomic E-state index is 12.7. The molecule has 5 N–H and O–H groups in total. The van der Waals surface area contributed by atoms with Crippen LogP contribution >= 0.6 is 0 Å². The molecule has 176 valence electrons. The molecule has 0 aliphatic rings. The number of carbonyl (C=O) groups is 3. The Balaban J connectivity index is 1.87. The summed E-state index contributed by atoms with van der Waals surface area (Å²) in [5.74, 6) is -1.06. The molecular weight excluding hydrogens is 430 g/mol. The van der Waals surface area contributed by atoms with Crippen LogP contribution in [-0.4, -0.2) is 35.6 Å². The van der Waals surface area contributed by atoms with E-state index in [1.54, 1.807) is 6.92 Å². The summed E-state index contributed by atoms with van der Waals surface area (Å²) in [6.45, 7) is 7.54. The second-order valence-corrected chi connectivity index (χ2v) is 8.10. The third kappa shape index (κ3) is 4.84. The number of fused-ring (bicyclic) bond motifs is 2. The Labute approximate surface area is 189 Å². The number of hydrogen-bond acceptors (Lipinski definition) is 6. The lowest BCUT2D eigenvalue weighted by Crippen LogP contribution is -2.42. The van der Waals surface area contributed by atoms with Gasteiger partial charge in [0.25, 0.3) is 0 Å². The molecule has 0 radical (unpaired) electrons. The van der Waals surface area contributed by atoms with Crippen molar-refractivity contribution in [1.82, 2.24) is 10.6 Å². The first-order valence-electron chi connectivity index (χ1n) is 10.5. The van der Waals surface area contributed by atoms with Gasteiger partial charge in [-0.3, -0.25) is 4.79 Å². The fraction of sp³-hybridized carbons (Fsp3) is 0.391. The molecule has 10 heteroatoms. The summed E-state index contributed by atoms with van der Waals surface area (Å²) in [6.07, 6.45) is 0.0624. The lowest BCUT2D eigenvalue weighted by Gasteiger charge is -2.15. The monoisotopic (exact) mass is 457 g/mol. The van der Waals surface area contributed by atoms with Crippen LogP contribution in [0.15, 0.2) is 19.7 Å². The van der Waals surface area contributed by atoms with Gasteiger partial charge in [0.05, 0.1) is 12.0 Å². The third-order valence-electron chi connectivity index (χ3n) is 5.88. The lowest BCUT2D eigenvalue weighted by atomic mass is 9.98. The molecule has 2 heterocycles. The maximum absolute atomic E-state index is 12.7. The van der Waals surface area contributed by atoms with Gasteiger partial charge in [-0.25, -0.2) is 14.4 Å². The van der Waals surface area contributed by atoms with Gasteiger partial charge in [0.15, 0.2) is 0 Å². The molecule has 0 spiro atoms. The van der Waals surface area contributed by atoms with Gasteiger partial charge in [0, 0.05) is 22.9 Å². The number of primary amides is 1. The summed E-state index contributed by atoms with van der Waals surface area (Å²) in [5.41, 5.74) is 7.80. The smallest absolute Gasteiger partial charge is 0.340 e. The van der Waals surface area contributed by atoms with Gasteiger partial charge in [-0.15, -0.1) is 0 Å². The van der Waals surface area contributed by atoms with E-state index in [-0.39, 0.29) is 24.9 Å². The number of benzene rings is 1. The van der Waals surface area contributed by atoms with Crippen LogP contribution in [0.2, 0.25) is 0 Å². The zero-order chi connectivity index (χ0) is 24.4. The number of hydrogen-bond donors (Lipinski definition) is 4. The van der Waals surface area contributed by atoms with E-state index in [1.807, 2.05) is 26.8 Å². The number of carboxylic acids is 1. The van der Waals surface area contributed by atoms with Crippen LogP contribution in [0.1, 0.15) is 40.9 Å². The van der Waals surface area contributed by atoms with Crippen LogP contribution in [0.4, 0.5) is 4.79 Å². The van der Waals surface area contributed by atoms with Crippen molar-refractivity contribution < 1.29 is 28.3 Å². The van der Waals surface area contributed by atoms with Crippen molar-refractivity contribution in [3.63, 3.8) is 0 Å². The average Bonchev–Trinajstić information content (AvgIpc) is 3.02. The Morgan fingerprint density at radius 1 is 1.03 bits per heavy atom. The third-order valence-corrected chi connectivity index (χ3v) is 5.88. The second kappa shape index (κ2) is 9.35. The van der Waals surface area contributed by atoms with E-state index in [1.165, 1.54) is 0 Å². The topological polar surface area (TPSA) is 165 Å². The van der Waals surface area contributed by atoms with Crippen LogP contribution in [-0.2, 0) is 16.0 Å². The van der Waals surface area contributed by atoms with E-state index in [2.05, 4.69) is 10.6 Å². The number of aryl methyl sites for hydroxylation is 4. The van der Waals surface area contributed by atoms with E-state index in [0.717, 1.165) is 16.7 Å². The molecule has 0 fully saturated rings. The molecule has 1 atom stereocenters. The zero-order valence-electron chi connectivity index (χ0n) is 19.0. The first kappa shape index (κ1) is 23.8. The number of carbonyl (C=O) groups excluding carboxylic acids is 2. The van der Waals surface area contributed by atoms with Gasteiger partial charge in [-0.2, -0.15) is 0 Å². The Bertz CT molecular complexity index is 1320. The molecular formula is C23H27N3O7. The van der Waals surface area contributed by atoms with E-state index in [4.69, 9.17) is 14.6 Å². The Kier molecular flexibility index (Phi) is 6.75. The van der Waals surface area contributed by atoms with Crippen molar-refractivity contribution in [2.45, 2.75) is 53.0 Å².